The predicted octanol–water partition coefficient (Wildman–Crippen LogP) is -0.399. The van der Waals surface area contributed by atoms with Gasteiger partial charge in [-0.05, 0) is 12.1 Å². The highest BCUT2D eigenvalue weighted by Crippen LogP contribution is 2.12. The van der Waals surface area contributed by atoms with E-state index in [0.29, 0.717) is 0 Å². The second kappa shape index (κ2) is 4.52. The van der Waals surface area contributed by atoms with Crippen LogP contribution in [-0.2, 0) is 14.1 Å². The Balaban J connectivity index is 2.75. The van der Waals surface area contributed by atoms with Crippen LogP contribution in [0, 0.1) is 5.41 Å². The van der Waals surface area contributed by atoms with E-state index in [1.165, 1.54) is 20.3 Å². The van der Waals surface area contributed by atoms with Gasteiger partial charge in [0.15, 0.2) is 0 Å². The van der Waals surface area contributed by atoms with Gasteiger partial charge in [-0.25, -0.2) is 4.79 Å². The summed E-state index contributed by atoms with van der Waals surface area (Å²) >= 11 is 0. The summed E-state index contributed by atoms with van der Waals surface area (Å²) in [5, 5.41) is 17.9. The fourth-order valence-corrected chi connectivity index (χ4v) is 1.69. The Bertz CT molecular complexity index is 759. The zero-order chi connectivity index (χ0) is 14.2. The molecule has 0 fully saturated rings. The van der Waals surface area contributed by atoms with Gasteiger partial charge in [0.25, 0.3) is 5.56 Å². The molecule has 2 N–H and O–H groups in total. The first kappa shape index (κ1) is 12.7. The Morgan fingerprint density at radius 3 is 2.53 bits per heavy atom. The van der Waals surface area contributed by atoms with Crippen LogP contribution in [0.4, 0.5) is 0 Å². The minimum Gasteiger partial charge on any atom is -0.494 e. The Labute approximate surface area is 107 Å². The van der Waals surface area contributed by atoms with Crippen LogP contribution < -0.4 is 11.2 Å². The Kier molecular flexibility index (Phi) is 3.04. The summed E-state index contributed by atoms with van der Waals surface area (Å²) in [5.74, 6) is -0.538. The third kappa shape index (κ3) is 1.95. The monoisotopic (exact) mass is 260 g/mol. The number of nitrogens with one attached hydrogen (secondary N) is 1. The highest BCUT2D eigenvalue weighted by molar-refractivity contribution is 6.10. The first-order chi connectivity index (χ1) is 8.95. The maximum Gasteiger partial charge on any atom is 0.333 e. The van der Waals surface area contributed by atoms with E-state index in [0.717, 1.165) is 9.13 Å². The van der Waals surface area contributed by atoms with Crippen LogP contribution >= 0.6 is 0 Å². The number of aromatic nitrogens is 3. The van der Waals surface area contributed by atoms with E-state index in [1.807, 2.05) is 0 Å². The second-order valence-corrected chi connectivity index (χ2v) is 3.99. The van der Waals surface area contributed by atoms with Crippen molar-refractivity contribution in [2.75, 3.05) is 0 Å². The summed E-state index contributed by atoms with van der Waals surface area (Å²) in [6.07, 6.45) is 1.48. The number of hydrogen-bond donors (Lipinski definition) is 2. The summed E-state index contributed by atoms with van der Waals surface area (Å²) in [7, 11) is 2.62. The number of aromatic hydroxyl groups is 1. The fraction of sp³-hybridized carbons (Fsp3) is 0.167. The number of rotatable bonds is 2. The van der Waals surface area contributed by atoms with Crippen LogP contribution in [0.15, 0.2) is 34.0 Å². The van der Waals surface area contributed by atoms with Gasteiger partial charge in [-0.1, -0.05) is 6.07 Å². The van der Waals surface area contributed by atoms with Crippen LogP contribution in [0.5, 0.6) is 5.88 Å². The molecule has 2 rings (SSSR count). The van der Waals surface area contributed by atoms with Crippen LogP contribution in [0.25, 0.3) is 0 Å². The minimum atomic E-state index is -0.726. The van der Waals surface area contributed by atoms with Crippen LogP contribution in [0.3, 0.4) is 0 Å². The molecule has 7 nitrogen and oxygen atoms in total. The molecule has 0 radical (unpaired) electrons. The maximum absolute atomic E-state index is 12.0. The third-order valence-electron chi connectivity index (χ3n) is 2.80. The molecule has 0 aliphatic rings. The lowest BCUT2D eigenvalue weighted by molar-refractivity contribution is 0.410. The molecular formula is C12H12N4O3. The average Bonchev–Trinajstić information content (AvgIpc) is 2.44. The average molecular weight is 260 g/mol. The molecule has 19 heavy (non-hydrogen) atoms. The second-order valence-electron chi connectivity index (χ2n) is 3.99. The molecule has 0 bridgehead atoms. The van der Waals surface area contributed by atoms with Crippen molar-refractivity contribution in [3.63, 3.8) is 0 Å². The fourth-order valence-electron chi connectivity index (χ4n) is 1.69. The molecule has 2 aromatic rings. The molecule has 98 valence electrons. The normalized spacial score (nSPS) is 10.4. The van der Waals surface area contributed by atoms with Gasteiger partial charge in [0, 0.05) is 20.3 Å². The summed E-state index contributed by atoms with van der Waals surface area (Å²) in [4.78, 5) is 27.5. The van der Waals surface area contributed by atoms with E-state index in [4.69, 9.17) is 5.41 Å². The van der Waals surface area contributed by atoms with E-state index in [2.05, 4.69) is 4.98 Å². The molecule has 2 heterocycles. The van der Waals surface area contributed by atoms with Crippen molar-refractivity contribution in [1.82, 2.24) is 14.1 Å². The SMILES string of the molecule is Cn1c(O)c(C(=N)c2ccccn2)c(=O)n(C)c1=O. The molecule has 0 atom stereocenters. The molecule has 0 aromatic carbocycles. The van der Waals surface area contributed by atoms with Crippen molar-refractivity contribution in [2.24, 2.45) is 14.1 Å². The molecule has 0 aliphatic carbocycles. The third-order valence-corrected chi connectivity index (χ3v) is 2.80. The number of hydrogen-bond acceptors (Lipinski definition) is 5. The van der Waals surface area contributed by atoms with Crippen LogP contribution in [0.2, 0.25) is 0 Å². The first-order valence-corrected chi connectivity index (χ1v) is 5.44. The largest absolute Gasteiger partial charge is 0.494 e. The van der Waals surface area contributed by atoms with Crippen molar-refractivity contribution in [3.05, 3.63) is 56.5 Å². The molecular weight excluding hydrogens is 248 g/mol. The minimum absolute atomic E-state index is 0.227. The number of nitrogens with zero attached hydrogens (tertiary/aromatic N) is 3. The van der Waals surface area contributed by atoms with E-state index in [-0.39, 0.29) is 17.0 Å². The lowest BCUT2D eigenvalue weighted by Crippen LogP contribution is -2.40. The predicted molar refractivity (Wildman–Crippen MR) is 68.8 cm³/mol. The highest BCUT2D eigenvalue weighted by Gasteiger charge is 2.20. The van der Waals surface area contributed by atoms with E-state index >= 15 is 0 Å². The zero-order valence-electron chi connectivity index (χ0n) is 10.4. The van der Waals surface area contributed by atoms with Crippen molar-refractivity contribution < 1.29 is 5.11 Å². The van der Waals surface area contributed by atoms with Gasteiger partial charge in [0.05, 0.1) is 11.4 Å². The lowest BCUT2D eigenvalue weighted by Gasteiger charge is -2.10. The smallest absolute Gasteiger partial charge is 0.333 e. The number of pyridine rings is 1. The Morgan fingerprint density at radius 2 is 1.95 bits per heavy atom. The van der Waals surface area contributed by atoms with Crippen molar-refractivity contribution in [3.8, 4) is 5.88 Å². The topological polar surface area (TPSA) is 101 Å². The van der Waals surface area contributed by atoms with E-state index in [1.54, 1.807) is 18.2 Å². The van der Waals surface area contributed by atoms with Crippen molar-refractivity contribution in [2.45, 2.75) is 0 Å². The molecule has 0 spiro atoms. The van der Waals surface area contributed by atoms with E-state index < -0.39 is 17.1 Å². The van der Waals surface area contributed by atoms with Crippen LogP contribution in [-0.4, -0.2) is 24.9 Å². The van der Waals surface area contributed by atoms with Gasteiger partial charge in [-0.2, -0.15) is 0 Å². The molecule has 0 amide bonds. The summed E-state index contributed by atoms with van der Waals surface area (Å²) in [6, 6.07) is 4.89. The molecule has 0 aliphatic heterocycles. The van der Waals surface area contributed by atoms with Gasteiger partial charge in [0.1, 0.15) is 5.56 Å². The van der Waals surface area contributed by atoms with Gasteiger partial charge < -0.3 is 5.11 Å². The highest BCUT2D eigenvalue weighted by atomic mass is 16.3. The van der Waals surface area contributed by atoms with Gasteiger partial charge in [-0.15, -0.1) is 0 Å². The molecule has 2 aromatic heterocycles. The van der Waals surface area contributed by atoms with Gasteiger partial charge in [0.2, 0.25) is 5.88 Å². The maximum atomic E-state index is 12.0. The van der Waals surface area contributed by atoms with Crippen molar-refractivity contribution >= 4 is 5.71 Å². The Morgan fingerprint density at radius 1 is 1.26 bits per heavy atom. The first-order valence-electron chi connectivity index (χ1n) is 5.44. The molecule has 0 saturated heterocycles. The molecule has 0 saturated carbocycles. The Hall–Kier alpha value is -2.70. The quantitative estimate of drug-likeness (QED) is 0.717. The molecule has 0 unspecified atom stereocenters. The molecule has 7 heteroatoms. The summed E-state index contributed by atoms with van der Waals surface area (Å²) in [6.45, 7) is 0. The lowest BCUT2D eigenvalue weighted by atomic mass is 10.1. The standard InChI is InChI=1S/C12H12N4O3/c1-15-10(17)8(11(18)16(2)12(15)19)9(13)7-5-3-4-6-14-7/h3-6,13,17H,1-2H3. The van der Waals surface area contributed by atoms with Crippen molar-refractivity contribution in [1.29, 1.82) is 5.41 Å². The zero-order valence-corrected chi connectivity index (χ0v) is 10.4. The van der Waals surface area contributed by atoms with Gasteiger partial charge >= 0.3 is 5.69 Å². The van der Waals surface area contributed by atoms with Crippen LogP contribution in [0.1, 0.15) is 11.3 Å². The van der Waals surface area contributed by atoms with E-state index in [9.17, 15) is 14.7 Å². The van der Waals surface area contributed by atoms with Gasteiger partial charge in [-0.3, -0.25) is 24.3 Å². The summed E-state index contributed by atoms with van der Waals surface area (Å²) in [5.41, 5.74) is -1.61. The summed E-state index contributed by atoms with van der Waals surface area (Å²) < 4.78 is 1.75.